The van der Waals surface area contributed by atoms with Crippen LogP contribution in [-0.2, 0) is 16.6 Å². The van der Waals surface area contributed by atoms with Crippen LogP contribution in [0.2, 0.25) is 0 Å². The number of hydrogen-bond acceptors (Lipinski definition) is 6. The van der Waals surface area contributed by atoms with Crippen LogP contribution >= 0.6 is 0 Å². The molecule has 0 saturated carbocycles. The highest BCUT2D eigenvalue weighted by Gasteiger charge is 2.22. The van der Waals surface area contributed by atoms with E-state index in [1.165, 1.54) is 43.4 Å². The zero-order valence-electron chi connectivity index (χ0n) is 14.6. The van der Waals surface area contributed by atoms with Gasteiger partial charge in [-0.05, 0) is 18.2 Å². The number of methoxy groups -OCH3 is 2. The highest BCUT2D eigenvalue weighted by atomic mass is 32.2. The third kappa shape index (κ3) is 4.17. The molecule has 10 heteroatoms. The molecule has 0 unspecified atom stereocenters. The highest BCUT2D eigenvalue weighted by molar-refractivity contribution is 7.92. The Kier molecular flexibility index (Phi) is 5.26. The monoisotopic (exact) mass is 392 g/mol. The van der Waals surface area contributed by atoms with Crippen LogP contribution in [0.3, 0.4) is 0 Å². The molecule has 0 aliphatic carbocycles. The molecular weight excluding hydrogens is 375 g/mol. The number of benzene rings is 2. The van der Waals surface area contributed by atoms with Crippen molar-refractivity contribution < 1.29 is 22.3 Å². The van der Waals surface area contributed by atoms with Crippen molar-refractivity contribution in [2.75, 3.05) is 18.9 Å². The summed E-state index contributed by atoms with van der Waals surface area (Å²) in [4.78, 5) is 3.80. The highest BCUT2D eigenvalue weighted by Crippen LogP contribution is 2.29. The van der Waals surface area contributed by atoms with Crippen LogP contribution in [0.4, 0.5) is 10.3 Å². The number of nitrogens with zero attached hydrogens (tertiary/aromatic N) is 3. The zero-order chi connectivity index (χ0) is 19.4. The summed E-state index contributed by atoms with van der Waals surface area (Å²) < 4.78 is 52.9. The number of halogens is 1. The van der Waals surface area contributed by atoms with Crippen molar-refractivity contribution in [3.05, 3.63) is 60.2 Å². The van der Waals surface area contributed by atoms with E-state index >= 15 is 0 Å². The summed E-state index contributed by atoms with van der Waals surface area (Å²) in [6, 6.07) is 10.6. The van der Waals surface area contributed by atoms with E-state index < -0.39 is 10.0 Å². The van der Waals surface area contributed by atoms with E-state index in [2.05, 4.69) is 14.8 Å². The second kappa shape index (κ2) is 7.62. The smallest absolute Gasteiger partial charge is 0.268 e. The van der Waals surface area contributed by atoms with Gasteiger partial charge in [0.05, 0.1) is 20.8 Å². The molecule has 0 fully saturated rings. The van der Waals surface area contributed by atoms with Crippen molar-refractivity contribution >= 4 is 16.0 Å². The standard InChI is InChI=1S/C17H17FN4O4S/c1-25-13-7-8-15(26-2)16(9-13)27(23,24)21-17-19-11-22(20-17)10-12-5-3-4-6-14(12)18/h3-9,11H,10H2,1-2H3,(H,20,21). The van der Waals surface area contributed by atoms with Gasteiger partial charge in [0.2, 0.25) is 0 Å². The van der Waals surface area contributed by atoms with Gasteiger partial charge in [0.25, 0.3) is 16.0 Å². The molecule has 142 valence electrons. The molecule has 0 amide bonds. The van der Waals surface area contributed by atoms with Crippen LogP contribution in [0.15, 0.2) is 53.7 Å². The van der Waals surface area contributed by atoms with E-state index in [0.29, 0.717) is 11.3 Å². The van der Waals surface area contributed by atoms with E-state index in [1.807, 2.05) is 0 Å². The summed E-state index contributed by atoms with van der Waals surface area (Å²) in [6.07, 6.45) is 1.31. The summed E-state index contributed by atoms with van der Waals surface area (Å²) in [5.41, 5.74) is 0.409. The molecule has 0 spiro atoms. The Bertz CT molecular complexity index is 1050. The summed E-state index contributed by atoms with van der Waals surface area (Å²) in [7, 11) is -1.23. The van der Waals surface area contributed by atoms with Gasteiger partial charge in [-0.15, -0.1) is 5.10 Å². The van der Waals surface area contributed by atoms with E-state index in [0.717, 1.165) is 0 Å². The SMILES string of the molecule is COc1ccc(OC)c(S(=O)(=O)Nc2ncn(Cc3ccccc3F)n2)c1. The molecule has 3 aromatic rings. The third-order valence-electron chi connectivity index (χ3n) is 3.71. The molecule has 0 saturated heterocycles. The first kappa shape index (κ1) is 18.6. The lowest BCUT2D eigenvalue weighted by molar-refractivity contribution is 0.392. The molecule has 0 aliphatic rings. The van der Waals surface area contributed by atoms with Crippen LogP contribution < -0.4 is 14.2 Å². The lowest BCUT2D eigenvalue weighted by atomic mass is 10.2. The Morgan fingerprint density at radius 3 is 2.63 bits per heavy atom. The van der Waals surface area contributed by atoms with Crippen molar-refractivity contribution in [2.45, 2.75) is 11.4 Å². The molecule has 0 bridgehead atoms. The average molecular weight is 392 g/mol. The Morgan fingerprint density at radius 2 is 1.93 bits per heavy atom. The van der Waals surface area contributed by atoms with E-state index in [4.69, 9.17) is 9.47 Å². The molecule has 0 aliphatic heterocycles. The van der Waals surface area contributed by atoms with Crippen LogP contribution in [0.1, 0.15) is 5.56 Å². The number of ether oxygens (including phenoxy) is 2. The first-order valence-electron chi connectivity index (χ1n) is 7.80. The number of anilines is 1. The topological polar surface area (TPSA) is 95.3 Å². The van der Waals surface area contributed by atoms with Crippen molar-refractivity contribution in [1.29, 1.82) is 0 Å². The van der Waals surface area contributed by atoms with E-state index in [1.54, 1.807) is 24.3 Å². The minimum atomic E-state index is -4.02. The quantitative estimate of drug-likeness (QED) is 0.663. The van der Waals surface area contributed by atoms with Crippen LogP contribution in [-0.4, -0.2) is 37.4 Å². The number of hydrogen-bond donors (Lipinski definition) is 1. The van der Waals surface area contributed by atoms with Gasteiger partial charge in [-0.2, -0.15) is 4.98 Å². The Morgan fingerprint density at radius 1 is 1.15 bits per heavy atom. The molecule has 3 rings (SSSR count). The predicted molar refractivity (Wildman–Crippen MR) is 95.9 cm³/mol. The fourth-order valence-corrected chi connectivity index (χ4v) is 3.52. The van der Waals surface area contributed by atoms with Crippen LogP contribution in [0, 0.1) is 5.82 Å². The summed E-state index contributed by atoms with van der Waals surface area (Å²) >= 11 is 0. The minimum Gasteiger partial charge on any atom is -0.497 e. The maximum Gasteiger partial charge on any atom is 0.268 e. The molecular formula is C17H17FN4O4S. The number of sulfonamides is 1. The summed E-state index contributed by atoms with van der Waals surface area (Å²) in [6.45, 7) is 0.115. The minimum absolute atomic E-state index is 0.115. The molecule has 2 aromatic carbocycles. The van der Waals surface area contributed by atoms with Crippen LogP contribution in [0.25, 0.3) is 0 Å². The predicted octanol–water partition coefficient (Wildman–Crippen LogP) is 2.28. The van der Waals surface area contributed by atoms with E-state index in [-0.39, 0.29) is 29.0 Å². The van der Waals surface area contributed by atoms with Gasteiger partial charge in [-0.25, -0.2) is 22.2 Å². The van der Waals surface area contributed by atoms with Gasteiger partial charge < -0.3 is 9.47 Å². The molecule has 1 aromatic heterocycles. The van der Waals surface area contributed by atoms with Gasteiger partial charge in [-0.3, -0.25) is 0 Å². The third-order valence-corrected chi connectivity index (χ3v) is 5.06. The molecule has 1 heterocycles. The zero-order valence-corrected chi connectivity index (χ0v) is 15.4. The fraction of sp³-hybridized carbons (Fsp3) is 0.176. The van der Waals surface area contributed by atoms with Gasteiger partial charge in [0.1, 0.15) is 28.5 Å². The molecule has 0 radical (unpaired) electrons. The first-order chi connectivity index (χ1) is 12.9. The van der Waals surface area contributed by atoms with Crippen molar-refractivity contribution in [1.82, 2.24) is 14.8 Å². The van der Waals surface area contributed by atoms with Crippen LogP contribution in [0.5, 0.6) is 11.5 Å². The molecule has 0 atom stereocenters. The van der Waals surface area contributed by atoms with Crippen molar-refractivity contribution in [3.63, 3.8) is 0 Å². The van der Waals surface area contributed by atoms with Gasteiger partial charge in [-0.1, -0.05) is 18.2 Å². The number of nitrogens with one attached hydrogen (secondary N) is 1. The second-order valence-corrected chi connectivity index (χ2v) is 7.13. The molecule has 27 heavy (non-hydrogen) atoms. The summed E-state index contributed by atoms with van der Waals surface area (Å²) in [5, 5.41) is 4.03. The molecule has 1 N–H and O–H groups in total. The van der Waals surface area contributed by atoms with Crippen molar-refractivity contribution in [3.8, 4) is 11.5 Å². The van der Waals surface area contributed by atoms with Gasteiger partial charge >= 0.3 is 0 Å². The average Bonchev–Trinajstić information content (AvgIpc) is 3.09. The maximum absolute atomic E-state index is 13.7. The Hall–Kier alpha value is -3.14. The van der Waals surface area contributed by atoms with Crippen molar-refractivity contribution in [2.24, 2.45) is 0 Å². The Balaban J connectivity index is 1.83. The summed E-state index contributed by atoms with van der Waals surface area (Å²) in [5.74, 6) is -0.0178. The van der Waals surface area contributed by atoms with Gasteiger partial charge in [0, 0.05) is 11.6 Å². The fourth-order valence-electron chi connectivity index (χ4n) is 2.39. The normalized spacial score (nSPS) is 11.2. The largest absolute Gasteiger partial charge is 0.497 e. The molecule has 8 nitrogen and oxygen atoms in total. The maximum atomic E-state index is 13.7. The first-order valence-corrected chi connectivity index (χ1v) is 9.29. The number of aromatic nitrogens is 3. The lowest BCUT2D eigenvalue weighted by Crippen LogP contribution is -2.15. The Labute approximate surface area is 155 Å². The van der Waals surface area contributed by atoms with E-state index in [9.17, 15) is 12.8 Å². The van der Waals surface area contributed by atoms with Gasteiger partial charge in [0.15, 0.2) is 0 Å². The second-order valence-electron chi connectivity index (χ2n) is 5.48. The lowest BCUT2D eigenvalue weighted by Gasteiger charge is -2.11. The number of rotatable bonds is 7.